The maximum absolute atomic E-state index is 11.1. The number of likely N-dealkylation sites (tertiary alicyclic amines) is 1. The summed E-state index contributed by atoms with van der Waals surface area (Å²) < 4.78 is 0. The van der Waals surface area contributed by atoms with E-state index in [1.54, 1.807) is 0 Å². The second-order valence-corrected chi connectivity index (χ2v) is 4.55. The topological polar surface area (TPSA) is 43.4 Å². The first-order valence-corrected chi connectivity index (χ1v) is 6.25. The van der Waals surface area contributed by atoms with Crippen LogP contribution in [0.5, 0.6) is 0 Å². The Bertz CT molecular complexity index is 377. The molecule has 1 aliphatic rings. The lowest BCUT2D eigenvalue weighted by Crippen LogP contribution is -2.45. The largest absolute Gasteiger partial charge is 0.548 e. The second kappa shape index (κ2) is 5.32. The van der Waals surface area contributed by atoms with Gasteiger partial charge in [-0.05, 0) is 31.4 Å². The zero-order chi connectivity index (χ0) is 12.3. The van der Waals surface area contributed by atoms with Crippen molar-refractivity contribution in [3.8, 4) is 0 Å². The van der Waals surface area contributed by atoms with Gasteiger partial charge in [-0.1, -0.05) is 37.3 Å². The van der Waals surface area contributed by atoms with E-state index < -0.39 is 12.0 Å². The molecule has 0 saturated carbocycles. The van der Waals surface area contributed by atoms with Crippen LogP contribution in [0.3, 0.4) is 0 Å². The molecule has 1 aromatic carbocycles. The maximum Gasteiger partial charge on any atom is 0.0586 e. The number of carbonyl (C=O) groups excluding carboxylic acids is 1. The number of hydrogen-bond donors (Lipinski definition) is 0. The van der Waals surface area contributed by atoms with Gasteiger partial charge in [0.05, 0.1) is 5.97 Å². The fourth-order valence-corrected chi connectivity index (χ4v) is 2.75. The first-order chi connectivity index (χ1) is 8.24. The monoisotopic (exact) mass is 232 g/mol. The normalized spacial score (nSPS) is 22.5. The molecular weight excluding hydrogens is 214 g/mol. The molecule has 3 heteroatoms. The van der Waals surface area contributed by atoms with Gasteiger partial charge in [-0.25, -0.2) is 0 Å². The van der Waals surface area contributed by atoms with Crippen molar-refractivity contribution in [1.29, 1.82) is 0 Å². The van der Waals surface area contributed by atoms with Gasteiger partial charge in [-0.3, -0.25) is 4.90 Å². The summed E-state index contributed by atoms with van der Waals surface area (Å²) in [6, 6.07) is 9.90. The summed E-state index contributed by atoms with van der Waals surface area (Å²) >= 11 is 0. The minimum Gasteiger partial charge on any atom is -0.548 e. The highest BCUT2D eigenvalue weighted by Crippen LogP contribution is 2.31. The predicted octanol–water partition coefficient (Wildman–Crippen LogP) is 1.35. The van der Waals surface area contributed by atoms with Crippen molar-refractivity contribution in [2.45, 2.75) is 38.3 Å². The Labute approximate surface area is 102 Å². The second-order valence-electron chi connectivity index (χ2n) is 4.55. The van der Waals surface area contributed by atoms with Crippen molar-refractivity contribution in [1.82, 2.24) is 4.90 Å². The third-order valence-electron chi connectivity index (χ3n) is 3.54. The van der Waals surface area contributed by atoms with E-state index >= 15 is 0 Å². The molecule has 3 nitrogen and oxygen atoms in total. The smallest absolute Gasteiger partial charge is 0.0586 e. The van der Waals surface area contributed by atoms with Gasteiger partial charge in [-0.2, -0.15) is 0 Å². The number of nitrogens with zero attached hydrogens (tertiary/aromatic N) is 1. The van der Waals surface area contributed by atoms with Crippen LogP contribution in [-0.4, -0.2) is 23.5 Å². The average Bonchev–Trinajstić information content (AvgIpc) is 2.81. The van der Waals surface area contributed by atoms with Crippen molar-refractivity contribution in [3.63, 3.8) is 0 Å². The third-order valence-corrected chi connectivity index (χ3v) is 3.54. The van der Waals surface area contributed by atoms with E-state index in [0.29, 0.717) is 6.42 Å². The van der Waals surface area contributed by atoms with Gasteiger partial charge in [0.1, 0.15) is 0 Å². The average molecular weight is 232 g/mol. The van der Waals surface area contributed by atoms with E-state index in [0.717, 1.165) is 19.4 Å². The van der Waals surface area contributed by atoms with Crippen LogP contribution in [0.1, 0.15) is 37.8 Å². The van der Waals surface area contributed by atoms with Crippen molar-refractivity contribution in [3.05, 3.63) is 35.9 Å². The van der Waals surface area contributed by atoms with Crippen molar-refractivity contribution in [2.24, 2.45) is 0 Å². The molecule has 0 aromatic heterocycles. The van der Waals surface area contributed by atoms with Gasteiger partial charge in [0.25, 0.3) is 0 Å². The van der Waals surface area contributed by atoms with Gasteiger partial charge in [0.2, 0.25) is 0 Å². The minimum atomic E-state index is -0.933. The predicted molar refractivity (Wildman–Crippen MR) is 64.2 cm³/mol. The van der Waals surface area contributed by atoms with E-state index in [1.807, 2.05) is 18.2 Å². The van der Waals surface area contributed by atoms with Crippen LogP contribution in [-0.2, 0) is 4.79 Å². The molecule has 0 radical (unpaired) electrons. The van der Waals surface area contributed by atoms with Crippen LogP contribution in [0.2, 0.25) is 0 Å². The lowest BCUT2D eigenvalue weighted by Gasteiger charge is -2.33. The molecule has 2 atom stereocenters. The Morgan fingerprint density at radius 2 is 2.18 bits per heavy atom. The molecule has 1 fully saturated rings. The van der Waals surface area contributed by atoms with Crippen LogP contribution in [0, 0.1) is 0 Å². The fourth-order valence-electron chi connectivity index (χ4n) is 2.75. The molecule has 0 spiro atoms. The third kappa shape index (κ3) is 2.50. The van der Waals surface area contributed by atoms with Crippen LogP contribution in [0.4, 0.5) is 0 Å². The number of carbonyl (C=O) groups is 1. The Kier molecular flexibility index (Phi) is 3.79. The Morgan fingerprint density at radius 3 is 2.76 bits per heavy atom. The number of carboxylic acid groups (broad SMARTS) is 1. The van der Waals surface area contributed by atoms with Gasteiger partial charge in [0.15, 0.2) is 0 Å². The summed E-state index contributed by atoms with van der Waals surface area (Å²) in [7, 11) is 0. The van der Waals surface area contributed by atoms with E-state index in [2.05, 4.69) is 24.0 Å². The van der Waals surface area contributed by atoms with Gasteiger partial charge >= 0.3 is 0 Å². The summed E-state index contributed by atoms with van der Waals surface area (Å²) in [6.07, 6.45) is 2.58. The Balaban J connectivity index is 2.21. The summed E-state index contributed by atoms with van der Waals surface area (Å²) in [5.74, 6) is -0.933. The zero-order valence-corrected chi connectivity index (χ0v) is 10.1. The highest BCUT2D eigenvalue weighted by atomic mass is 16.4. The zero-order valence-electron chi connectivity index (χ0n) is 10.1. The van der Waals surface area contributed by atoms with Crippen LogP contribution in [0.15, 0.2) is 30.3 Å². The van der Waals surface area contributed by atoms with E-state index in [-0.39, 0.29) is 6.04 Å². The molecule has 2 unspecified atom stereocenters. The Hall–Kier alpha value is -1.35. The molecule has 17 heavy (non-hydrogen) atoms. The maximum atomic E-state index is 11.1. The minimum absolute atomic E-state index is 0.196. The Morgan fingerprint density at radius 1 is 1.47 bits per heavy atom. The molecule has 0 amide bonds. The van der Waals surface area contributed by atoms with E-state index in [9.17, 15) is 9.90 Å². The first kappa shape index (κ1) is 12.1. The van der Waals surface area contributed by atoms with Gasteiger partial charge in [-0.15, -0.1) is 0 Å². The highest BCUT2D eigenvalue weighted by molar-refractivity contribution is 5.71. The number of benzene rings is 1. The summed E-state index contributed by atoms with van der Waals surface area (Å²) in [5, 5.41) is 11.1. The highest BCUT2D eigenvalue weighted by Gasteiger charge is 2.31. The molecule has 0 bridgehead atoms. The van der Waals surface area contributed by atoms with Crippen molar-refractivity contribution >= 4 is 5.97 Å². The molecule has 2 rings (SSSR count). The summed E-state index contributed by atoms with van der Waals surface area (Å²) in [6.45, 7) is 2.95. The molecular formula is C14H18NO2-. The number of hydrogen-bond acceptors (Lipinski definition) is 3. The van der Waals surface area contributed by atoms with Gasteiger partial charge in [0, 0.05) is 12.1 Å². The van der Waals surface area contributed by atoms with E-state index in [1.165, 1.54) is 5.56 Å². The molecule has 1 heterocycles. The number of aliphatic carboxylic acids is 1. The van der Waals surface area contributed by atoms with Crippen LogP contribution in [0.25, 0.3) is 0 Å². The SMILES string of the molecule is CCC(c1ccccc1)N1CCCC1C(=O)[O-]. The summed E-state index contributed by atoms with van der Waals surface area (Å²) in [5.41, 5.74) is 1.20. The fraction of sp³-hybridized carbons (Fsp3) is 0.500. The molecule has 1 aromatic rings. The number of carboxylic acids is 1. The number of rotatable bonds is 4. The summed E-state index contributed by atoms with van der Waals surface area (Å²) in [4.78, 5) is 13.2. The van der Waals surface area contributed by atoms with Crippen molar-refractivity contribution in [2.75, 3.05) is 6.54 Å². The van der Waals surface area contributed by atoms with Crippen molar-refractivity contribution < 1.29 is 9.90 Å². The lowest BCUT2D eigenvalue weighted by molar-refractivity contribution is -0.311. The molecule has 1 saturated heterocycles. The quantitative estimate of drug-likeness (QED) is 0.787. The lowest BCUT2D eigenvalue weighted by atomic mass is 10.0. The van der Waals surface area contributed by atoms with Crippen LogP contribution >= 0.6 is 0 Å². The molecule has 92 valence electrons. The molecule has 0 aliphatic carbocycles. The van der Waals surface area contributed by atoms with Crippen LogP contribution < -0.4 is 5.11 Å². The van der Waals surface area contributed by atoms with E-state index in [4.69, 9.17) is 0 Å². The van der Waals surface area contributed by atoms with Gasteiger partial charge < -0.3 is 9.90 Å². The standard InChI is InChI=1S/C14H19NO2/c1-2-12(11-7-4-3-5-8-11)15-10-6-9-13(15)14(16)17/h3-5,7-8,12-13H,2,6,9-10H2,1H3,(H,16,17)/p-1. The molecule has 0 N–H and O–H groups in total. The molecule has 1 aliphatic heterocycles. The first-order valence-electron chi connectivity index (χ1n) is 6.25.